The molecule has 18 heavy (non-hydrogen) atoms. The van der Waals surface area contributed by atoms with E-state index in [4.69, 9.17) is 4.74 Å². The molecule has 0 spiro atoms. The summed E-state index contributed by atoms with van der Waals surface area (Å²) < 4.78 is 5.19. The summed E-state index contributed by atoms with van der Waals surface area (Å²) in [6.45, 7) is 0. The van der Waals surface area contributed by atoms with Gasteiger partial charge >= 0.3 is 0 Å². The predicted octanol–water partition coefficient (Wildman–Crippen LogP) is 2.56. The van der Waals surface area contributed by atoms with E-state index in [2.05, 4.69) is 0 Å². The average molecular weight is 259 g/mol. The number of methoxy groups -OCH3 is 1. The molecule has 2 amide bonds. The van der Waals surface area contributed by atoms with E-state index in [0.29, 0.717) is 21.9 Å². The molecule has 5 heteroatoms. The standard InChI is InChI=1S/C13H9NO3S/c1-17-10-5-3-2-4-9(10)14-12(15)8-6-7-18-11(8)13(14)16/h2-7H,1H3. The van der Waals surface area contributed by atoms with Crippen LogP contribution in [0.3, 0.4) is 0 Å². The van der Waals surface area contributed by atoms with Crippen LogP contribution in [0.25, 0.3) is 0 Å². The van der Waals surface area contributed by atoms with Crippen LogP contribution in [0.2, 0.25) is 0 Å². The maximum Gasteiger partial charge on any atom is 0.276 e. The van der Waals surface area contributed by atoms with Crippen LogP contribution < -0.4 is 9.64 Å². The number of carbonyl (C=O) groups is 2. The number of carbonyl (C=O) groups excluding carboxylic acids is 2. The summed E-state index contributed by atoms with van der Waals surface area (Å²) in [5.41, 5.74) is 0.953. The van der Waals surface area contributed by atoms with Gasteiger partial charge in [-0.3, -0.25) is 9.59 Å². The summed E-state index contributed by atoms with van der Waals surface area (Å²) in [6, 6.07) is 8.66. The summed E-state index contributed by atoms with van der Waals surface area (Å²) in [5, 5.41) is 1.75. The summed E-state index contributed by atoms with van der Waals surface area (Å²) in [6.07, 6.45) is 0. The first-order valence-electron chi connectivity index (χ1n) is 5.33. The number of thiophene rings is 1. The molecule has 3 rings (SSSR count). The molecule has 0 N–H and O–H groups in total. The number of rotatable bonds is 2. The molecule has 0 bridgehead atoms. The highest BCUT2D eigenvalue weighted by Gasteiger charge is 2.38. The monoisotopic (exact) mass is 259 g/mol. The molecule has 1 aromatic heterocycles. The number of nitrogens with zero attached hydrogens (tertiary/aromatic N) is 1. The van der Waals surface area contributed by atoms with Gasteiger partial charge in [0.05, 0.1) is 18.4 Å². The molecule has 90 valence electrons. The second-order valence-corrected chi connectivity index (χ2v) is 4.70. The van der Waals surface area contributed by atoms with Gasteiger partial charge in [-0.1, -0.05) is 12.1 Å². The van der Waals surface area contributed by atoms with Crippen molar-refractivity contribution in [3.63, 3.8) is 0 Å². The van der Waals surface area contributed by atoms with Gasteiger partial charge in [-0.25, -0.2) is 4.90 Å². The molecule has 0 aliphatic carbocycles. The van der Waals surface area contributed by atoms with Crippen molar-refractivity contribution in [1.82, 2.24) is 0 Å². The average Bonchev–Trinajstić information content (AvgIpc) is 2.95. The van der Waals surface area contributed by atoms with Crippen molar-refractivity contribution >= 4 is 28.8 Å². The van der Waals surface area contributed by atoms with Crippen molar-refractivity contribution in [3.05, 3.63) is 46.2 Å². The lowest BCUT2D eigenvalue weighted by molar-refractivity contribution is 0.0926. The van der Waals surface area contributed by atoms with E-state index >= 15 is 0 Å². The van der Waals surface area contributed by atoms with E-state index in [1.165, 1.54) is 23.3 Å². The largest absolute Gasteiger partial charge is 0.495 e. The molecule has 1 aromatic carbocycles. The Morgan fingerprint density at radius 1 is 1.11 bits per heavy atom. The van der Waals surface area contributed by atoms with Crippen molar-refractivity contribution in [2.75, 3.05) is 12.0 Å². The van der Waals surface area contributed by atoms with E-state index < -0.39 is 0 Å². The third-order valence-corrected chi connectivity index (χ3v) is 3.72. The molecule has 0 unspecified atom stereocenters. The van der Waals surface area contributed by atoms with Gasteiger partial charge in [0.25, 0.3) is 11.8 Å². The number of benzene rings is 1. The van der Waals surface area contributed by atoms with Gasteiger partial charge in [-0.05, 0) is 23.6 Å². The summed E-state index contributed by atoms with van der Waals surface area (Å²) in [4.78, 5) is 26.0. The summed E-state index contributed by atoms with van der Waals surface area (Å²) >= 11 is 1.28. The van der Waals surface area contributed by atoms with E-state index in [-0.39, 0.29) is 11.8 Å². The molecule has 2 heterocycles. The fourth-order valence-corrected chi connectivity index (χ4v) is 2.81. The number of amides is 2. The Labute approximate surface area is 107 Å². The van der Waals surface area contributed by atoms with Crippen molar-refractivity contribution in [1.29, 1.82) is 0 Å². The van der Waals surface area contributed by atoms with Crippen LogP contribution >= 0.6 is 11.3 Å². The summed E-state index contributed by atoms with van der Waals surface area (Å²) in [5.74, 6) is -0.0652. The fourth-order valence-electron chi connectivity index (χ4n) is 1.99. The highest BCUT2D eigenvalue weighted by atomic mass is 32.1. The second-order valence-electron chi connectivity index (χ2n) is 3.78. The number of para-hydroxylation sites is 2. The molecule has 0 fully saturated rings. The second kappa shape index (κ2) is 3.96. The van der Waals surface area contributed by atoms with E-state index in [0.717, 1.165) is 0 Å². The summed E-state index contributed by atoms with van der Waals surface area (Å²) in [7, 11) is 1.51. The van der Waals surface area contributed by atoms with Crippen LogP contribution in [0.5, 0.6) is 5.75 Å². The lowest BCUT2D eigenvalue weighted by Gasteiger charge is -2.16. The minimum atomic E-state index is -0.291. The first kappa shape index (κ1) is 11.0. The number of fused-ring (bicyclic) bond motifs is 1. The van der Waals surface area contributed by atoms with Crippen LogP contribution in [0.4, 0.5) is 5.69 Å². The molecule has 4 nitrogen and oxygen atoms in total. The van der Waals surface area contributed by atoms with E-state index in [1.807, 2.05) is 0 Å². The fraction of sp³-hybridized carbons (Fsp3) is 0.0769. The van der Waals surface area contributed by atoms with Gasteiger partial charge in [0.1, 0.15) is 10.6 Å². The van der Waals surface area contributed by atoms with Gasteiger partial charge < -0.3 is 4.74 Å². The highest BCUT2D eigenvalue weighted by Crippen LogP contribution is 2.36. The molecule has 0 atom stereocenters. The normalized spacial score (nSPS) is 13.9. The quantitative estimate of drug-likeness (QED) is 0.779. The van der Waals surface area contributed by atoms with Gasteiger partial charge in [-0.2, -0.15) is 0 Å². The Hall–Kier alpha value is -2.14. The molecule has 0 saturated carbocycles. The lowest BCUT2D eigenvalue weighted by atomic mass is 10.2. The van der Waals surface area contributed by atoms with Crippen LogP contribution in [0.1, 0.15) is 20.0 Å². The minimum Gasteiger partial charge on any atom is -0.495 e. The van der Waals surface area contributed by atoms with Crippen LogP contribution in [0, 0.1) is 0 Å². The first-order chi connectivity index (χ1) is 8.74. The lowest BCUT2D eigenvalue weighted by Crippen LogP contribution is -2.29. The molecule has 2 aromatic rings. The topological polar surface area (TPSA) is 46.6 Å². The van der Waals surface area contributed by atoms with Crippen molar-refractivity contribution in [3.8, 4) is 5.75 Å². The molecule has 1 aliphatic heterocycles. The Kier molecular flexibility index (Phi) is 2.41. The zero-order valence-electron chi connectivity index (χ0n) is 9.54. The molecule has 0 radical (unpaired) electrons. The molecule has 0 saturated heterocycles. The van der Waals surface area contributed by atoms with E-state index in [9.17, 15) is 9.59 Å². The molecule has 1 aliphatic rings. The smallest absolute Gasteiger partial charge is 0.276 e. The molecular weight excluding hydrogens is 250 g/mol. The van der Waals surface area contributed by atoms with Crippen molar-refractivity contribution in [2.45, 2.75) is 0 Å². The van der Waals surface area contributed by atoms with Crippen molar-refractivity contribution in [2.24, 2.45) is 0 Å². The third-order valence-electron chi connectivity index (χ3n) is 2.82. The number of imide groups is 1. The minimum absolute atomic E-state index is 0.283. The van der Waals surface area contributed by atoms with E-state index in [1.54, 1.807) is 35.7 Å². The number of anilines is 1. The highest BCUT2D eigenvalue weighted by molar-refractivity contribution is 7.13. The number of hydrogen-bond donors (Lipinski definition) is 0. The zero-order chi connectivity index (χ0) is 12.7. The molecular formula is C13H9NO3S. The third kappa shape index (κ3) is 1.37. The number of ether oxygens (including phenoxy) is 1. The maximum absolute atomic E-state index is 12.2. The Morgan fingerprint density at radius 2 is 1.89 bits per heavy atom. The van der Waals surface area contributed by atoms with Crippen LogP contribution in [-0.2, 0) is 0 Å². The van der Waals surface area contributed by atoms with Crippen LogP contribution in [0.15, 0.2) is 35.7 Å². The number of hydrogen-bond acceptors (Lipinski definition) is 4. The zero-order valence-corrected chi connectivity index (χ0v) is 10.4. The maximum atomic E-state index is 12.2. The SMILES string of the molecule is COc1ccccc1N1C(=O)c2ccsc2C1=O. The Balaban J connectivity index is 2.12. The Bertz CT molecular complexity index is 617. The van der Waals surface area contributed by atoms with Crippen LogP contribution in [-0.4, -0.2) is 18.9 Å². The van der Waals surface area contributed by atoms with Crippen molar-refractivity contribution < 1.29 is 14.3 Å². The van der Waals surface area contributed by atoms with Gasteiger partial charge in [0.15, 0.2) is 0 Å². The Morgan fingerprint density at radius 3 is 2.61 bits per heavy atom. The van der Waals surface area contributed by atoms with Gasteiger partial charge in [-0.15, -0.1) is 11.3 Å². The first-order valence-corrected chi connectivity index (χ1v) is 6.21. The predicted molar refractivity (Wildman–Crippen MR) is 68.5 cm³/mol. The van der Waals surface area contributed by atoms with Gasteiger partial charge in [0.2, 0.25) is 0 Å². The van der Waals surface area contributed by atoms with Gasteiger partial charge in [0, 0.05) is 0 Å².